The Kier molecular flexibility index (Phi) is 3.50. The first kappa shape index (κ1) is 12.7. The zero-order valence-corrected chi connectivity index (χ0v) is 10.4. The number of benzene rings is 2. The predicted molar refractivity (Wildman–Crippen MR) is 74.3 cm³/mol. The minimum atomic E-state index is -0.188. The summed E-state index contributed by atoms with van der Waals surface area (Å²) in [6, 6.07) is 12.2. The van der Waals surface area contributed by atoms with Gasteiger partial charge in [0.25, 0.3) is 0 Å². The number of hydrogen-bond acceptors (Lipinski definition) is 3. The minimum Gasteiger partial charge on any atom is -0.398 e. The van der Waals surface area contributed by atoms with Gasteiger partial charge in [0.1, 0.15) is 0 Å². The van der Waals surface area contributed by atoms with Gasteiger partial charge in [0.05, 0.1) is 11.4 Å². The van der Waals surface area contributed by atoms with Crippen molar-refractivity contribution in [1.29, 1.82) is 0 Å². The van der Waals surface area contributed by atoms with Gasteiger partial charge in [-0.2, -0.15) is 0 Å². The molecule has 5 heteroatoms. The third kappa shape index (κ3) is 2.41. The monoisotopic (exact) mass is 252 g/mol. The average molecular weight is 252 g/mol. The molecule has 0 bridgehead atoms. The molecule has 0 fully saturated rings. The highest BCUT2D eigenvalue weighted by Crippen LogP contribution is 2.31. The lowest BCUT2D eigenvalue weighted by molar-refractivity contribution is 0.103. The summed E-state index contributed by atoms with van der Waals surface area (Å²) >= 11 is 0. The maximum atomic E-state index is 12.3. The van der Waals surface area contributed by atoms with Crippen LogP contribution in [-0.2, 0) is 0 Å². The lowest BCUT2D eigenvalue weighted by Crippen LogP contribution is -2.05. The molecule has 0 aliphatic heterocycles. The second kappa shape index (κ2) is 5.25. The number of azide groups is 1. The van der Waals surface area contributed by atoms with E-state index < -0.39 is 0 Å². The summed E-state index contributed by atoms with van der Waals surface area (Å²) in [7, 11) is 0. The van der Waals surface area contributed by atoms with Crippen molar-refractivity contribution < 1.29 is 4.79 Å². The highest BCUT2D eigenvalue weighted by atomic mass is 16.1. The normalized spacial score (nSPS) is 9.74. The van der Waals surface area contributed by atoms with Gasteiger partial charge in [-0.25, -0.2) is 0 Å². The fraction of sp³-hybridized carbons (Fsp3) is 0.0714. The summed E-state index contributed by atoms with van der Waals surface area (Å²) < 4.78 is 0. The van der Waals surface area contributed by atoms with Crippen molar-refractivity contribution in [2.24, 2.45) is 5.11 Å². The maximum absolute atomic E-state index is 12.3. The Bertz CT molecular complexity index is 673. The second-order valence-corrected chi connectivity index (χ2v) is 4.08. The zero-order chi connectivity index (χ0) is 13.8. The molecule has 0 heterocycles. The number of nitrogen functional groups attached to an aromatic ring is 1. The maximum Gasteiger partial charge on any atom is 0.195 e. The van der Waals surface area contributed by atoms with E-state index in [0.717, 1.165) is 5.56 Å². The Morgan fingerprint density at radius 1 is 1.21 bits per heavy atom. The van der Waals surface area contributed by atoms with Crippen LogP contribution < -0.4 is 5.73 Å². The van der Waals surface area contributed by atoms with Crippen LogP contribution in [0.5, 0.6) is 0 Å². The quantitative estimate of drug-likeness (QED) is 0.296. The van der Waals surface area contributed by atoms with Gasteiger partial charge >= 0.3 is 0 Å². The van der Waals surface area contributed by atoms with E-state index in [9.17, 15) is 4.79 Å². The third-order valence-electron chi connectivity index (χ3n) is 2.84. The van der Waals surface area contributed by atoms with Crippen LogP contribution >= 0.6 is 0 Å². The van der Waals surface area contributed by atoms with Crippen molar-refractivity contribution in [3.63, 3.8) is 0 Å². The Morgan fingerprint density at radius 3 is 2.53 bits per heavy atom. The molecule has 0 aromatic heterocycles. The highest BCUT2D eigenvalue weighted by molar-refractivity contribution is 6.13. The van der Waals surface area contributed by atoms with Crippen LogP contribution in [0.3, 0.4) is 0 Å². The van der Waals surface area contributed by atoms with Crippen molar-refractivity contribution in [2.45, 2.75) is 6.92 Å². The zero-order valence-electron chi connectivity index (χ0n) is 10.4. The van der Waals surface area contributed by atoms with Crippen LogP contribution in [-0.4, -0.2) is 5.78 Å². The summed E-state index contributed by atoms with van der Waals surface area (Å²) in [5.74, 6) is -0.188. The van der Waals surface area contributed by atoms with Gasteiger partial charge in [0, 0.05) is 16.0 Å². The molecule has 0 saturated heterocycles. The number of ketones is 1. The van der Waals surface area contributed by atoms with Gasteiger partial charge in [0.15, 0.2) is 5.78 Å². The first-order chi connectivity index (χ1) is 9.15. The predicted octanol–water partition coefficient (Wildman–Crippen LogP) is 3.75. The molecular weight excluding hydrogens is 240 g/mol. The van der Waals surface area contributed by atoms with Crippen LogP contribution in [0.2, 0.25) is 0 Å². The molecule has 0 atom stereocenters. The summed E-state index contributed by atoms with van der Waals surface area (Å²) in [5.41, 5.74) is 16.6. The van der Waals surface area contributed by atoms with E-state index in [2.05, 4.69) is 10.0 Å². The van der Waals surface area contributed by atoms with Crippen LogP contribution in [0.15, 0.2) is 47.6 Å². The van der Waals surface area contributed by atoms with Gasteiger partial charge in [-0.3, -0.25) is 4.79 Å². The summed E-state index contributed by atoms with van der Waals surface area (Å²) in [5, 5.41) is 3.55. The lowest BCUT2D eigenvalue weighted by atomic mass is 9.99. The smallest absolute Gasteiger partial charge is 0.195 e. The molecule has 2 aromatic carbocycles. The van der Waals surface area contributed by atoms with Crippen molar-refractivity contribution in [3.05, 3.63) is 69.6 Å². The van der Waals surface area contributed by atoms with E-state index in [1.807, 2.05) is 6.07 Å². The van der Waals surface area contributed by atoms with Crippen LogP contribution in [0.25, 0.3) is 10.4 Å². The number of anilines is 1. The summed E-state index contributed by atoms with van der Waals surface area (Å²) in [6.45, 7) is 1.77. The van der Waals surface area contributed by atoms with E-state index in [1.165, 1.54) is 0 Å². The molecule has 0 radical (unpaired) electrons. The fourth-order valence-corrected chi connectivity index (χ4v) is 1.84. The molecule has 2 N–H and O–H groups in total. The van der Waals surface area contributed by atoms with Gasteiger partial charge in [-0.15, -0.1) is 0 Å². The molecule has 0 unspecified atom stereocenters. The average Bonchev–Trinajstić information content (AvgIpc) is 2.44. The van der Waals surface area contributed by atoms with Gasteiger partial charge in [0.2, 0.25) is 0 Å². The molecule has 0 aliphatic carbocycles. The molecule has 0 aliphatic rings. The molecule has 2 rings (SSSR count). The largest absolute Gasteiger partial charge is 0.398 e. The lowest BCUT2D eigenvalue weighted by Gasteiger charge is -2.09. The number of carbonyl (C=O) groups is 1. The van der Waals surface area contributed by atoms with E-state index in [-0.39, 0.29) is 11.5 Å². The summed E-state index contributed by atoms with van der Waals surface area (Å²) in [4.78, 5) is 15.1. The SMILES string of the molecule is Cc1ccc(C(=O)c2ccccc2)c(N)c1N=[N+]=[N-]. The van der Waals surface area contributed by atoms with E-state index in [1.54, 1.807) is 43.3 Å². The Labute approximate surface area is 110 Å². The third-order valence-corrected chi connectivity index (χ3v) is 2.84. The van der Waals surface area contributed by atoms with E-state index in [0.29, 0.717) is 16.8 Å². The van der Waals surface area contributed by atoms with Crippen molar-refractivity contribution >= 4 is 17.2 Å². The molecule has 94 valence electrons. The number of aryl methyl sites for hydroxylation is 1. The van der Waals surface area contributed by atoms with Gasteiger partial charge < -0.3 is 5.73 Å². The number of rotatable bonds is 3. The molecule has 19 heavy (non-hydrogen) atoms. The number of nitrogens with zero attached hydrogens (tertiary/aromatic N) is 3. The van der Waals surface area contributed by atoms with Gasteiger partial charge in [-0.05, 0) is 24.1 Å². The molecule has 0 amide bonds. The second-order valence-electron chi connectivity index (χ2n) is 4.08. The van der Waals surface area contributed by atoms with Gasteiger partial charge in [-0.1, -0.05) is 41.5 Å². The standard InChI is InChI=1S/C14H12N4O/c1-9-7-8-11(12(15)13(9)17-18-16)14(19)10-5-3-2-4-6-10/h2-8H,15H2,1H3. The first-order valence-corrected chi connectivity index (χ1v) is 5.69. The summed E-state index contributed by atoms with van der Waals surface area (Å²) in [6.07, 6.45) is 0. The molecule has 5 nitrogen and oxygen atoms in total. The van der Waals surface area contributed by atoms with E-state index >= 15 is 0 Å². The molecule has 2 aromatic rings. The fourth-order valence-electron chi connectivity index (χ4n) is 1.84. The van der Waals surface area contributed by atoms with E-state index in [4.69, 9.17) is 11.3 Å². The van der Waals surface area contributed by atoms with Crippen molar-refractivity contribution in [3.8, 4) is 0 Å². The Balaban J connectivity index is 2.55. The number of carbonyl (C=O) groups excluding carboxylic acids is 1. The van der Waals surface area contributed by atoms with Crippen LogP contribution in [0.1, 0.15) is 21.5 Å². The van der Waals surface area contributed by atoms with Crippen LogP contribution in [0.4, 0.5) is 11.4 Å². The van der Waals surface area contributed by atoms with Crippen molar-refractivity contribution in [2.75, 3.05) is 5.73 Å². The van der Waals surface area contributed by atoms with Crippen LogP contribution in [0, 0.1) is 6.92 Å². The minimum absolute atomic E-state index is 0.188. The molecular formula is C14H12N4O. The molecule has 0 spiro atoms. The topological polar surface area (TPSA) is 91.9 Å². The molecule has 0 saturated carbocycles. The number of nitrogens with two attached hydrogens (primary N) is 1. The van der Waals surface area contributed by atoms with Crippen molar-refractivity contribution in [1.82, 2.24) is 0 Å². The number of hydrogen-bond donors (Lipinski definition) is 1. The first-order valence-electron chi connectivity index (χ1n) is 5.69. The highest BCUT2D eigenvalue weighted by Gasteiger charge is 2.15. The Hall–Kier alpha value is -2.78. The Morgan fingerprint density at radius 2 is 1.89 bits per heavy atom.